The molecule has 0 bridgehead atoms. The molecule has 1 heterocycles. The zero-order valence-electron chi connectivity index (χ0n) is 15.1. The summed E-state index contributed by atoms with van der Waals surface area (Å²) >= 11 is 1.49. The van der Waals surface area contributed by atoms with Crippen molar-refractivity contribution >= 4 is 29.2 Å². The molecule has 0 spiro atoms. The number of ketones is 1. The molecule has 3 aromatic rings. The van der Waals surface area contributed by atoms with Gasteiger partial charge >= 0.3 is 5.97 Å². The van der Waals surface area contributed by atoms with E-state index < -0.39 is 5.97 Å². The maximum atomic E-state index is 12.3. The first kappa shape index (κ1) is 19.5. The number of aliphatic carboxylic acids is 1. The fraction of sp³-hybridized carbons (Fsp3) is 0.136. The summed E-state index contributed by atoms with van der Waals surface area (Å²) in [5, 5.41) is 11.3. The van der Waals surface area contributed by atoms with Gasteiger partial charge in [0.25, 0.3) is 0 Å². The first-order chi connectivity index (χ1) is 13.6. The van der Waals surface area contributed by atoms with Crippen LogP contribution in [0.5, 0.6) is 5.75 Å². The fourth-order valence-electron chi connectivity index (χ4n) is 2.48. The van der Waals surface area contributed by atoms with Crippen molar-refractivity contribution < 1.29 is 19.4 Å². The lowest BCUT2D eigenvalue weighted by atomic mass is 10.1. The molecule has 0 aliphatic rings. The Bertz CT molecular complexity index is 962. The summed E-state index contributed by atoms with van der Waals surface area (Å²) in [4.78, 5) is 27.3. The number of carbonyl (C=O) groups is 2. The average Bonchev–Trinajstić information content (AvgIpc) is 3.19. The van der Waals surface area contributed by atoms with Crippen molar-refractivity contribution in [1.29, 1.82) is 0 Å². The highest BCUT2D eigenvalue weighted by Crippen LogP contribution is 2.22. The number of thiazole rings is 1. The summed E-state index contributed by atoms with van der Waals surface area (Å²) in [5.74, 6) is -0.348. The summed E-state index contributed by atoms with van der Waals surface area (Å²) in [6, 6.07) is 16.7. The lowest BCUT2D eigenvalue weighted by Crippen LogP contribution is -2.02. The normalized spacial score (nSPS) is 10.9. The van der Waals surface area contributed by atoms with E-state index in [0.717, 1.165) is 16.3 Å². The van der Waals surface area contributed by atoms with E-state index in [1.165, 1.54) is 17.4 Å². The summed E-state index contributed by atoms with van der Waals surface area (Å²) in [6.45, 7) is 0.327. The van der Waals surface area contributed by atoms with Crippen LogP contribution in [0.2, 0.25) is 0 Å². The number of rotatable bonds is 9. The highest BCUT2D eigenvalue weighted by atomic mass is 32.1. The Labute approximate surface area is 167 Å². The monoisotopic (exact) mass is 393 g/mol. The van der Waals surface area contributed by atoms with Gasteiger partial charge in [-0.1, -0.05) is 30.3 Å². The molecule has 0 saturated heterocycles. The van der Waals surface area contributed by atoms with Crippen molar-refractivity contribution in [1.82, 2.24) is 4.98 Å². The standard InChI is InChI=1S/C22H19NO4S/c24-20(17-8-10-18(11-9-17)27-14-4-7-22(25)26)12-13-21-23-19(15-28-21)16-5-2-1-3-6-16/h1-3,5-6,8-13,15H,4,7,14H2,(H,25,26). The molecule has 6 heteroatoms. The molecule has 0 fully saturated rings. The van der Waals surface area contributed by atoms with E-state index in [1.54, 1.807) is 30.3 Å². The second-order valence-corrected chi connectivity index (χ2v) is 6.89. The van der Waals surface area contributed by atoms with Gasteiger partial charge in [0.2, 0.25) is 0 Å². The van der Waals surface area contributed by atoms with E-state index >= 15 is 0 Å². The predicted molar refractivity (Wildman–Crippen MR) is 110 cm³/mol. The van der Waals surface area contributed by atoms with Gasteiger partial charge in [-0.2, -0.15) is 0 Å². The summed E-state index contributed by atoms with van der Waals surface area (Å²) < 4.78 is 5.46. The van der Waals surface area contributed by atoms with Crippen LogP contribution in [0.1, 0.15) is 28.2 Å². The van der Waals surface area contributed by atoms with E-state index in [-0.39, 0.29) is 12.2 Å². The molecule has 3 rings (SSSR count). The predicted octanol–water partition coefficient (Wildman–Crippen LogP) is 4.95. The van der Waals surface area contributed by atoms with Crippen LogP contribution >= 0.6 is 11.3 Å². The third kappa shape index (κ3) is 5.62. The number of benzene rings is 2. The van der Waals surface area contributed by atoms with Crippen LogP contribution in [0.25, 0.3) is 17.3 Å². The third-order valence-corrected chi connectivity index (χ3v) is 4.72. The molecule has 0 atom stereocenters. The van der Waals surface area contributed by atoms with Crippen molar-refractivity contribution in [2.24, 2.45) is 0 Å². The van der Waals surface area contributed by atoms with Gasteiger partial charge in [-0.15, -0.1) is 11.3 Å². The Kier molecular flexibility index (Phi) is 6.70. The van der Waals surface area contributed by atoms with E-state index in [9.17, 15) is 9.59 Å². The van der Waals surface area contributed by atoms with Gasteiger partial charge in [0, 0.05) is 22.9 Å². The minimum Gasteiger partial charge on any atom is -0.494 e. The molecule has 1 N–H and O–H groups in total. The Morgan fingerprint density at radius 1 is 1.07 bits per heavy atom. The van der Waals surface area contributed by atoms with Crippen LogP contribution in [0.4, 0.5) is 0 Å². The summed E-state index contributed by atoms with van der Waals surface area (Å²) in [7, 11) is 0. The topological polar surface area (TPSA) is 76.5 Å². The lowest BCUT2D eigenvalue weighted by Gasteiger charge is -2.05. The Morgan fingerprint density at radius 3 is 2.54 bits per heavy atom. The van der Waals surface area contributed by atoms with E-state index in [1.807, 2.05) is 35.7 Å². The Morgan fingerprint density at radius 2 is 1.82 bits per heavy atom. The third-order valence-electron chi connectivity index (χ3n) is 3.91. The largest absolute Gasteiger partial charge is 0.494 e. The zero-order valence-corrected chi connectivity index (χ0v) is 15.9. The van der Waals surface area contributed by atoms with Crippen molar-refractivity contribution in [2.45, 2.75) is 12.8 Å². The smallest absolute Gasteiger partial charge is 0.303 e. The van der Waals surface area contributed by atoms with Crippen molar-refractivity contribution in [3.63, 3.8) is 0 Å². The minimum atomic E-state index is -0.840. The number of nitrogens with zero attached hydrogens (tertiary/aromatic N) is 1. The highest BCUT2D eigenvalue weighted by Gasteiger charge is 2.05. The molecule has 2 aromatic carbocycles. The molecule has 0 unspecified atom stereocenters. The van der Waals surface area contributed by atoms with Crippen LogP contribution < -0.4 is 4.74 Å². The van der Waals surface area contributed by atoms with Crippen LogP contribution in [0.3, 0.4) is 0 Å². The molecule has 28 heavy (non-hydrogen) atoms. The van der Waals surface area contributed by atoms with Gasteiger partial charge in [-0.05, 0) is 42.8 Å². The number of aromatic nitrogens is 1. The van der Waals surface area contributed by atoms with Crippen LogP contribution in [0, 0.1) is 0 Å². The molecule has 0 aliphatic heterocycles. The van der Waals surface area contributed by atoms with Crippen molar-refractivity contribution in [2.75, 3.05) is 6.61 Å². The number of carbonyl (C=O) groups excluding carboxylic acids is 1. The molecule has 1 aromatic heterocycles. The number of allylic oxidation sites excluding steroid dienone is 1. The fourth-order valence-corrected chi connectivity index (χ4v) is 3.20. The zero-order chi connectivity index (χ0) is 19.8. The molecular formula is C22H19NO4S. The van der Waals surface area contributed by atoms with Gasteiger partial charge in [-0.3, -0.25) is 9.59 Å². The van der Waals surface area contributed by atoms with Gasteiger partial charge in [0.05, 0.1) is 12.3 Å². The van der Waals surface area contributed by atoms with Crippen LogP contribution in [0.15, 0.2) is 66.1 Å². The maximum absolute atomic E-state index is 12.3. The highest BCUT2D eigenvalue weighted by molar-refractivity contribution is 7.10. The quantitative estimate of drug-likeness (QED) is 0.316. The van der Waals surface area contributed by atoms with E-state index in [2.05, 4.69) is 4.98 Å². The van der Waals surface area contributed by atoms with Crippen LogP contribution in [-0.2, 0) is 4.79 Å². The molecular weight excluding hydrogens is 374 g/mol. The molecule has 0 saturated carbocycles. The number of hydrogen-bond acceptors (Lipinski definition) is 5. The van der Waals surface area contributed by atoms with Crippen molar-refractivity contribution in [3.05, 3.63) is 76.6 Å². The van der Waals surface area contributed by atoms with Crippen LogP contribution in [-0.4, -0.2) is 28.4 Å². The number of hydrogen-bond donors (Lipinski definition) is 1. The average molecular weight is 393 g/mol. The van der Waals surface area contributed by atoms with E-state index in [4.69, 9.17) is 9.84 Å². The van der Waals surface area contributed by atoms with Gasteiger partial charge < -0.3 is 9.84 Å². The number of ether oxygens (including phenoxy) is 1. The van der Waals surface area contributed by atoms with Gasteiger partial charge in [0.15, 0.2) is 5.78 Å². The van der Waals surface area contributed by atoms with E-state index in [0.29, 0.717) is 24.3 Å². The molecule has 0 amide bonds. The molecule has 142 valence electrons. The lowest BCUT2D eigenvalue weighted by molar-refractivity contribution is -0.137. The SMILES string of the molecule is O=C(O)CCCOc1ccc(C(=O)C=Cc2nc(-c3ccccc3)cs2)cc1. The van der Waals surface area contributed by atoms with Gasteiger partial charge in [0.1, 0.15) is 10.8 Å². The number of carboxylic acid groups (broad SMARTS) is 1. The number of carboxylic acids is 1. The molecule has 0 radical (unpaired) electrons. The minimum absolute atomic E-state index is 0.0735. The maximum Gasteiger partial charge on any atom is 0.303 e. The Balaban J connectivity index is 1.56. The molecule has 5 nitrogen and oxygen atoms in total. The molecule has 0 aliphatic carbocycles. The first-order valence-electron chi connectivity index (χ1n) is 8.80. The van der Waals surface area contributed by atoms with Crippen molar-refractivity contribution in [3.8, 4) is 17.0 Å². The summed E-state index contributed by atoms with van der Waals surface area (Å²) in [5.41, 5.74) is 2.49. The van der Waals surface area contributed by atoms with Gasteiger partial charge in [-0.25, -0.2) is 4.98 Å². The Hall–Kier alpha value is -3.25. The second kappa shape index (κ2) is 9.62. The first-order valence-corrected chi connectivity index (χ1v) is 9.68. The summed E-state index contributed by atoms with van der Waals surface area (Å²) in [6.07, 6.45) is 3.74. The second-order valence-electron chi connectivity index (χ2n) is 6.00.